The summed E-state index contributed by atoms with van der Waals surface area (Å²) >= 11 is 0. The first-order valence-electron chi connectivity index (χ1n) is 11.3. The number of nitro groups is 1. The van der Waals surface area contributed by atoms with Gasteiger partial charge in [0.05, 0.1) is 23.7 Å². The quantitative estimate of drug-likeness (QED) is 0.0843. The Bertz CT molecular complexity index is 1500. The summed E-state index contributed by atoms with van der Waals surface area (Å²) in [5, 5.41) is 23.0. The number of methoxy groups -OCH3 is 1. The number of benzene rings is 4. The second-order valence-electron chi connectivity index (χ2n) is 8.15. The van der Waals surface area contributed by atoms with Gasteiger partial charge in [-0.1, -0.05) is 42.5 Å². The summed E-state index contributed by atoms with van der Waals surface area (Å²) in [6.07, 6.45) is 4.14. The van der Waals surface area contributed by atoms with E-state index in [4.69, 9.17) is 9.47 Å². The lowest BCUT2D eigenvalue weighted by atomic mass is 9.98. The fraction of sp³-hybridized carbons (Fsp3) is 0.100. The van der Waals surface area contributed by atoms with Crippen molar-refractivity contribution in [1.82, 2.24) is 0 Å². The van der Waals surface area contributed by atoms with Crippen LogP contribution in [0.1, 0.15) is 22.3 Å². The van der Waals surface area contributed by atoms with Crippen LogP contribution in [-0.4, -0.2) is 12.0 Å². The largest absolute Gasteiger partial charge is 0.493 e. The van der Waals surface area contributed by atoms with Gasteiger partial charge in [-0.15, -0.1) is 6.58 Å². The van der Waals surface area contributed by atoms with E-state index in [-0.39, 0.29) is 12.3 Å². The van der Waals surface area contributed by atoms with Crippen molar-refractivity contribution in [3.63, 3.8) is 0 Å². The summed E-state index contributed by atoms with van der Waals surface area (Å²) in [4.78, 5) is 10.5. The SMILES string of the molecule is C=CCc1cc(/C=C(/C#N)c2ccc3ccccc3c2)cc(OC)c1OCc1ccc([N+](=O)[O-])cc1. The van der Waals surface area contributed by atoms with Crippen molar-refractivity contribution in [2.75, 3.05) is 7.11 Å². The number of non-ortho nitro benzene ring substituents is 1. The highest BCUT2D eigenvalue weighted by Crippen LogP contribution is 2.36. The number of hydrogen-bond acceptors (Lipinski definition) is 5. The average molecular weight is 477 g/mol. The van der Waals surface area contributed by atoms with Crippen LogP contribution in [0.2, 0.25) is 0 Å². The molecule has 0 saturated heterocycles. The molecule has 0 heterocycles. The molecule has 0 saturated carbocycles. The van der Waals surface area contributed by atoms with E-state index in [1.807, 2.05) is 60.7 Å². The van der Waals surface area contributed by atoms with Crippen molar-refractivity contribution in [1.29, 1.82) is 5.26 Å². The van der Waals surface area contributed by atoms with Crippen LogP contribution in [0.15, 0.2) is 91.5 Å². The number of nitro benzene ring substituents is 1. The fourth-order valence-corrected chi connectivity index (χ4v) is 3.96. The first-order chi connectivity index (χ1) is 17.5. The number of nitrogens with zero attached hydrogens (tertiary/aromatic N) is 2. The lowest BCUT2D eigenvalue weighted by molar-refractivity contribution is -0.384. The molecular formula is C30H24N2O4. The minimum Gasteiger partial charge on any atom is -0.493 e. The molecular weight excluding hydrogens is 452 g/mol. The molecule has 0 bridgehead atoms. The number of allylic oxidation sites excluding steroid dienone is 2. The third-order valence-corrected chi connectivity index (χ3v) is 5.76. The summed E-state index contributed by atoms with van der Waals surface area (Å²) in [7, 11) is 1.56. The lowest BCUT2D eigenvalue weighted by Crippen LogP contribution is -2.02. The molecule has 6 nitrogen and oxygen atoms in total. The molecule has 36 heavy (non-hydrogen) atoms. The fourth-order valence-electron chi connectivity index (χ4n) is 3.96. The molecule has 4 aromatic carbocycles. The van der Waals surface area contributed by atoms with Crippen LogP contribution in [0.25, 0.3) is 22.4 Å². The van der Waals surface area contributed by atoms with E-state index in [9.17, 15) is 15.4 Å². The molecule has 0 atom stereocenters. The Kier molecular flexibility index (Phi) is 7.42. The molecule has 178 valence electrons. The van der Waals surface area contributed by atoms with Crippen molar-refractivity contribution in [3.05, 3.63) is 124 Å². The smallest absolute Gasteiger partial charge is 0.269 e. The zero-order valence-electron chi connectivity index (χ0n) is 19.8. The molecule has 0 N–H and O–H groups in total. The van der Waals surface area contributed by atoms with Gasteiger partial charge in [0.2, 0.25) is 0 Å². The second-order valence-corrected chi connectivity index (χ2v) is 8.15. The Morgan fingerprint density at radius 2 is 1.81 bits per heavy atom. The first-order valence-corrected chi connectivity index (χ1v) is 11.3. The van der Waals surface area contributed by atoms with Crippen LogP contribution in [-0.2, 0) is 13.0 Å². The van der Waals surface area contributed by atoms with E-state index in [2.05, 4.69) is 12.6 Å². The summed E-state index contributed by atoms with van der Waals surface area (Å²) < 4.78 is 11.7. The maximum Gasteiger partial charge on any atom is 0.269 e. The molecule has 0 aliphatic rings. The van der Waals surface area contributed by atoms with Gasteiger partial charge in [-0.25, -0.2) is 0 Å². The summed E-state index contributed by atoms with van der Waals surface area (Å²) in [6.45, 7) is 4.07. The summed E-state index contributed by atoms with van der Waals surface area (Å²) in [5.74, 6) is 1.09. The topological polar surface area (TPSA) is 85.4 Å². The van der Waals surface area contributed by atoms with Gasteiger partial charge >= 0.3 is 0 Å². The van der Waals surface area contributed by atoms with Crippen molar-refractivity contribution >= 4 is 28.1 Å². The van der Waals surface area contributed by atoms with Gasteiger partial charge in [0, 0.05) is 17.7 Å². The van der Waals surface area contributed by atoms with Crippen molar-refractivity contribution in [3.8, 4) is 17.6 Å². The van der Waals surface area contributed by atoms with E-state index >= 15 is 0 Å². The Balaban J connectivity index is 1.66. The minimum atomic E-state index is -0.435. The maximum absolute atomic E-state index is 10.9. The molecule has 0 unspecified atom stereocenters. The van der Waals surface area contributed by atoms with Crippen LogP contribution < -0.4 is 9.47 Å². The van der Waals surface area contributed by atoms with Gasteiger partial charge in [0.25, 0.3) is 5.69 Å². The van der Waals surface area contributed by atoms with E-state index in [1.54, 1.807) is 25.3 Å². The van der Waals surface area contributed by atoms with Crippen LogP contribution in [0.4, 0.5) is 5.69 Å². The van der Waals surface area contributed by atoms with Gasteiger partial charge in [-0.3, -0.25) is 10.1 Å². The molecule has 0 aliphatic carbocycles. The number of fused-ring (bicyclic) bond motifs is 1. The minimum absolute atomic E-state index is 0.0273. The predicted molar refractivity (Wildman–Crippen MR) is 142 cm³/mol. The molecule has 0 aliphatic heterocycles. The molecule has 0 fully saturated rings. The van der Waals surface area contributed by atoms with Crippen molar-refractivity contribution in [2.45, 2.75) is 13.0 Å². The highest BCUT2D eigenvalue weighted by atomic mass is 16.6. The predicted octanol–water partition coefficient (Wildman–Crippen LogP) is 7.13. The van der Waals surface area contributed by atoms with Gasteiger partial charge < -0.3 is 9.47 Å². The Morgan fingerprint density at radius 3 is 2.47 bits per heavy atom. The van der Waals surface area contributed by atoms with Crippen molar-refractivity contribution < 1.29 is 14.4 Å². The van der Waals surface area contributed by atoms with E-state index in [0.717, 1.165) is 33.0 Å². The third-order valence-electron chi connectivity index (χ3n) is 5.76. The van der Waals surface area contributed by atoms with Gasteiger partial charge in [0.1, 0.15) is 6.61 Å². The van der Waals surface area contributed by atoms with Gasteiger partial charge in [0.15, 0.2) is 11.5 Å². The van der Waals surface area contributed by atoms with Crippen LogP contribution >= 0.6 is 0 Å². The van der Waals surface area contributed by atoms with Crippen molar-refractivity contribution in [2.24, 2.45) is 0 Å². The lowest BCUT2D eigenvalue weighted by Gasteiger charge is -2.16. The van der Waals surface area contributed by atoms with Gasteiger partial charge in [-0.05, 0) is 70.3 Å². The van der Waals surface area contributed by atoms with Crippen LogP contribution in [0, 0.1) is 21.4 Å². The molecule has 6 heteroatoms. The normalized spacial score (nSPS) is 11.1. The molecule has 0 aromatic heterocycles. The first kappa shape index (κ1) is 24.2. The summed E-state index contributed by atoms with van der Waals surface area (Å²) in [6, 6.07) is 26.3. The second kappa shape index (κ2) is 11.0. The Labute approximate surface area is 209 Å². The number of rotatable bonds is 9. The molecule has 4 rings (SSSR count). The number of hydrogen-bond donors (Lipinski definition) is 0. The average Bonchev–Trinajstić information content (AvgIpc) is 2.91. The van der Waals surface area contributed by atoms with Crippen LogP contribution in [0.3, 0.4) is 0 Å². The van der Waals surface area contributed by atoms with E-state index in [0.29, 0.717) is 23.5 Å². The number of ether oxygens (including phenoxy) is 2. The Morgan fingerprint density at radius 1 is 1.06 bits per heavy atom. The number of nitriles is 1. The molecule has 0 amide bonds. The van der Waals surface area contributed by atoms with Gasteiger partial charge in [-0.2, -0.15) is 5.26 Å². The summed E-state index contributed by atoms with van der Waals surface area (Å²) in [5.41, 5.74) is 3.84. The van der Waals surface area contributed by atoms with E-state index in [1.165, 1.54) is 12.1 Å². The van der Waals surface area contributed by atoms with E-state index < -0.39 is 4.92 Å². The monoisotopic (exact) mass is 476 g/mol. The zero-order chi connectivity index (χ0) is 25.5. The zero-order valence-corrected chi connectivity index (χ0v) is 19.8. The highest BCUT2D eigenvalue weighted by Gasteiger charge is 2.14. The van der Waals surface area contributed by atoms with Crippen LogP contribution in [0.5, 0.6) is 11.5 Å². The highest BCUT2D eigenvalue weighted by molar-refractivity contribution is 5.94. The Hall–Kier alpha value is -4.89. The maximum atomic E-state index is 10.9. The molecule has 0 spiro atoms. The third kappa shape index (κ3) is 5.43. The molecule has 4 aromatic rings. The standard InChI is InChI=1S/C30H24N2O4/c1-3-6-26-15-22(16-27(19-31)25-12-11-23-7-4-5-8-24(23)18-25)17-29(35-2)30(26)36-20-21-9-13-28(14-10-21)32(33)34/h3-5,7-18H,1,6,20H2,2H3/b27-16-. The molecule has 0 radical (unpaired) electrons.